The van der Waals surface area contributed by atoms with Crippen LogP contribution in [0.25, 0.3) is 0 Å². The Kier molecular flexibility index (Phi) is 6.59. The van der Waals surface area contributed by atoms with E-state index in [4.69, 9.17) is 14.6 Å². The summed E-state index contributed by atoms with van der Waals surface area (Å²) >= 11 is 0. The quantitative estimate of drug-likeness (QED) is 0.687. The number of hydrogen-bond acceptors (Lipinski definition) is 5. The Morgan fingerprint density at radius 2 is 1.92 bits per heavy atom. The van der Waals surface area contributed by atoms with E-state index in [-0.39, 0.29) is 4.90 Å². The molecule has 0 saturated heterocycles. The molecule has 1 amide bonds. The van der Waals surface area contributed by atoms with Gasteiger partial charge in [0.15, 0.2) is 11.5 Å². The number of methoxy groups -OCH3 is 1. The number of nitrogens with two attached hydrogens (primary N) is 1. The second-order valence-electron chi connectivity index (χ2n) is 5.59. The van der Waals surface area contributed by atoms with Crippen LogP contribution >= 0.6 is 0 Å². The van der Waals surface area contributed by atoms with Crippen LogP contribution < -0.4 is 19.9 Å². The van der Waals surface area contributed by atoms with Crippen LogP contribution in [0.4, 0.5) is 5.69 Å². The highest BCUT2D eigenvalue weighted by Crippen LogP contribution is 2.28. The minimum Gasteiger partial charge on any atom is -0.493 e. The Bertz CT molecular complexity index is 881. The first-order valence-corrected chi connectivity index (χ1v) is 9.65. The molecule has 26 heavy (non-hydrogen) atoms. The largest absolute Gasteiger partial charge is 0.493 e. The molecule has 0 radical (unpaired) electrons. The topological polar surface area (TPSA) is 108 Å². The standard InChI is InChI=1S/C18H22N2O5S/c1-3-4-10-25-16-9-8-13(11-17(16)24-2)18(21)20-14-6-5-7-15(12-14)26(19,22)23/h5-9,11-12H,3-4,10H2,1-2H3,(H,20,21)(H2,19,22,23). The highest BCUT2D eigenvalue weighted by molar-refractivity contribution is 7.89. The number of anilines is 1. The van der Waals surface area contributed by atoms with Gasteiger partial charge in [0, 0.05) is 11.3 Å². The molecule has 0 bridgehead atoms. The molecule has 0 aliphatic heterocycles. The zero-order valence-corrected chi connectivity index (χ0v) is 15.5. The summed E-state index contributed by atoms with van der Waals surface area (Å²) < 4.78 is 33.7. The van der Waals surface area contributed by atoms with Crippen LogP contribution in [-0.4, -0.2) is 28.0 Å². The number of rotatable bonds is 8. The monoisotopic (exact) mass is 378 g/mol. The number of hydrogen-bond donors (Lipinski definition) is 2. The maximum Gasteiger partial charge on any atom is 0.255 e. The Labute approximate surface area is 153 Å². The number of benzene rings is 2. The van der Waals surface area contributed by atoms with Gasteiger partial charge in [0.05, 0.1) is 18.6 Å². The second-order valence-corrected chi connectivity index (χ2v) is 7.16. The fourth-order valence-corrected chi connectivity index (χ4v) is 2.77. The van der Waals surface area contributed by atoms with Crippen molar-refractivity contribution in [2.45, 2.75) is 24.7 Å². The summed E-state index contributed by atoms with van der Waals surface area (Å²) in [6, 6.07) is 10.6. The van der Waals surface area contributed by atoms with Gasteiger partial charge in [-0.3, -0.25) is 4.79 Å². The molecular weight excluding hydrogens is 356 g/mol. The molecule has 0 aromatic heterocycles. The first kappa shape index (κ1) is 19.7. The van der Waals surface area contributed by atoms with Gasteiger partial charge in [0.1, 0.15) is 0 Å². The average molecular weight is 378 g/mol. The summed E-state index contributed by atoms with van der Waals surface area (Å²) in [7, 11) is -2.34. The normalized spacial score (nSPS) is 11.0. The van der Waals surface area contributed by atoms with E-state index >= 15 is 0 Å². The van der Waals surface area contributed by atoms with Gasteiger partial charge in [-0.1, -0.05) is 19.4 Å². The fraction of sp³-hybridized carbons (Fsp3) is 0.278. The van der Waals surface area contributed by atoms with Crippen molar-refractivity contribution in [3.8, 4) is 11.5 Å². The van der Waals surface area contributed by atoms with E-state index in [0.717, 1.165) is 12.8 Å². The summed E-state index contributed by atoms with van der Waals surface area (Å²) in [6.07, 6.45) is 1.94. The van der Waals surface area contributed by atoms with Crippen molar-refractivity contribution < 1.29 is 22.7 Å². The Morgan fingerprint density at radius 1 is 1.15 bits per heavy atom. The van der Waals surface area contributed by atoms with Gasteiger partial charge in [-0.25, -0.2) is 13.6 Å². The van der Waals surface area contributed by atoms with Crippen LogP contribution in [0.2, 0.25) is 0 Å². The molecule has 140 valence electrons. The van der Waals surface area contributed by atoms with Gasteiger partial charge in [0.25, 0.3) is 5.91 Å². The van der Waals surface area contributed by atoms with Crippen LogP contribution in [0.15, 0.2) is 47.4 Å². The van der Waals surface area contributed by atoms with Gasteiger partial charge in [0.2, 0.25) is 10.0 Å². The van der Waals surface area contributed by atoms with E-state index in [1.807, 2.05) is 0 Å². The molecule has 0 saturated carbocycles. The molecule has 2 rings (SSSR count). The van der Waals surface area contributed by atoms with E-state index in [2.05, 4.69) is 12.2 Å². The molecule has 8 heteroatoms. The number of nitrogens with one attached hydrogen (secondary N) is 1. The molecule has 3 N–H and O–H groups in total. The molecular formula is C18H22N2O5S. The minimum atomic E-state index is -3.84. The molecule has 0 aliphatic carbocycles. The first-order chi connectivity index (χ1) is 12.3. The van der Waals surface area contributed by atoms with Crippen molar-refractivity contribution in [1.29, 1.82) is 0 Å². The number of primary sulfonamides is 1. The van der Waals surface area contributed by atoms with Crippen LogP contribution in [0.3, 0.4) is 0 Å². The molecule has 7 nitrogen and oxygen atoms in total. The summed E-state index contributed by atoms with van der Waals surface area (Å²) in [5, 5.41) is 7.74. The summed E-state index contributed by atoms with van der Waals surface area (Å²) in [6.45, 7) is 2.64. The lowest BCUT2D eigenvalue weighted by Gasteiger charge is -2.12. The van der Waals surface area contributed by atoms with Crippen LogP contribution in [-0.2, 0) is 10.0 Å². The maximum absolute atomic E-state index is 12.4. The van der Waals surface area contributed by atoms with Crippen molar-refractivity contribution in [1.82, 2.24) is 0 Å². The zero-order chi connectivity index (χ0) is 19.2. The van der Waals surface area contributed by atoms with E-state index in [0.29, 0.717) is 29.4 Å². The average Bonchev–Trinajstić information content (AvgIpc) is 2.61. The van der Waals surface area contributed by atoms with Gasteiger partial charge < -0.3 is 14.8 Å². The molecule has 0 aliphatic rings. The van der Waals surface area contributed by atoms with E-state index in [1.54, 1.807) is 24.3 Å². The number of carbonyl (C=O) groups excluding carboxylic acids is 1. The third-order valence-corrected chi connectivity index (χ3v) is 4.51. The van der Waals surface area contributed by atoms with Crippen molar-refractivity contribution in [2.24, 2.45) is 5.14 Å². The van der Waals surface area contributed by atoms with E-state index < -0.39 is 15.9 Å². The lowest BCUT2D eigenvalue weighted by atomic mass is 10.2. The highest BCUT2D eigenvalue weighted by atomic mass is 32.2. The fourth-order valence-electron chi connectivity index (χ4n) is 2.21. The van der Waals surface area contributed by atoms with Crippen molar-refractivity contribution in [3.05, 3.63) is 48.0 Å². The number of carbonyl (C=O) groups is 1. The van der Waals surface area contributed by atoms with Gasteiger partial charge >= 0.3 is 0 Å². The molecule has 2 aromatic rings. The Balaban J connectivity index is 2.17. The summed E-state index contributed by atoms with van der Waals surface area (Å²) in [5.74, 6) is 0.607. The van der Waals surface area contributed by atoms with Crippen LogP contribution in [0.5, 0.6) is 11.5 Å². The van der Waals surface area contributed by atoms with Crippen molar-refractivity contribution in [2.75, 3.05) is 19.0 Å². The third kappa shape index (κ3) is 5.21. The Hall–Kier alpha value is -2.58. The maximum atomic E-state index is 12.4. The Morgan fingerprint density at radius 3 is 2.58 bits per heavy atom. The third-order valence-electron chi connectivity index (χ3n) is 3.60. The molecule has 0 spiro atoms. The second kappa shape index (κ2) is 8.68. The van der Waals surface area contributed by atoms with Gasteiger partial charge in [-0.15, -0.1) is 0 Å². The smallest absolute Gasteiger partial charge is 0.255 e. The number of amides is 1. The number of unbranched alkanes of at least 4 members (excludes halogenated alkanes) is 1. The van der Waals surface area contributed by atoms with Gasteiger partial charge in [-0.2, -0.15) is 0 Å². The SMILES string of the molecule is CCCCOc1ccc(C(=O)Nc2cccc(S(N)(=O)=O)c2)cc1OC. The predicted molar refractivity (Wildman–Crippen MR) is 99.2 cm³/mol. The molecule has 0 heterocycles. The van der Waals surface area contributed by atoms with Crippen LogP contribution in [0.1, 0.15) is 30.1 Å². The number of sulfonamides is 1. The molecule has 0 atom stereocenters. The molecule has 0 unspecified atom stereocenters. The van der Waals surface area contributed by atoms with Gasteiger partial charge in [-0.05, 0) is 42.8 Å². The lowest BCUT2D eigenvalue weighted by molar-refractivity contribution is 0.102. The highest BCUT2D eigenvalue weighted by Gasteiger charge is 2.13. The number of ether oxygens (including phenoxy) is 2. The minimum absolute atomic E-state index is 0.0763. The molecule has 0 fully saturated rings. The van der Waals surface area contributed by atoms with E-state index in [1.165, 1.54) is 25.3 Å². The summed E-state index contributed by atoms with van der Waals surface area (Å²) in [4.78, 5) is 12.4. The molecule has 2 aromatic carbocycles. The van der Waals surface area contributed by atoms with Crippen molar-refractivity contribution >= 4 is 21.6 Å². The lowest BCUT2D eigenvalue weighted by Crippen LogP contribution is -2.15. The zero-order valence-electron chi connectivity index (χ0n) is 14.7. The predicted octanol–water partition coefficient (Wildman–Crippen LogP) is 2.77. The summed E-state index contributed by atoms with van der Waals surface area (Å²) in [5.41, 5.74) is 0.675. The van der Waals surface area contributed by atoms with Crippen LogP contribution in [0, 0.1) is 0 Å². The van der Waals surface area contributed by atoms with E-state index in [9.17, 15) is 13.2 Å². The van der Waals surface area contributed by atoms with Crippen molar-refractivity contribution in [3.63, 3.8) is 0 Å². The first-order valence-electron chi connectivity index (χ1n) is 8.10.